The number of hydrogen-bond donors (Lipinski definition) is 0. The van der Waals surface area contributed by atoms with E-state index in [-0.39, 0.29) is 5.69 Å². The molecule has 0 saturated heterocycles. The molecule has 0 spiro atoms. The van der Waals surface area contributed by atoms with Gasteiger partial charge in [0.05, 0.1) is 16.6 Å². The minimum atomic E-state index is -0.444. The monoisotopic (exact) mass is 213 g/mol. The zero-order valence-electron chi connectivity index (χ0n) is 7.33. The fraction of sp³-hybridized carbons (Fsp3) is 0.333. The first kappa shape index (κ1) is 9.27. The Kier molecular flexibility index (Phi) is 2.29. The van der Waals surface area contributed by atoms with Gasteiger partial charge in [-0.1, -0.05) is 11.6 Å². The molecule has 0 N–H and O–H groups in total. The molecule has 14 heavy (non-hydrogen) atoms. The summed E-state index contributed by atoms with van der Waals surface area (Å²) >= 11 is 5.86. The van der Waals surface area contributed by atoms with Gasteiger partial charge in [0.25, 0.3) is 5.69 Å². The van der Waals surface area contributed by atoms with E-state index in [0.717, 1.165) is 18.4 Å². The van der Waals surface area contributed by atoms with Gasteiger partial charge in [-0.2, -0.15) is 0 Å². The number of halogens is 1. The smallest absolute Gasteiger partial charge is 0.271 e. The predicted molar refractivity (Wildman–Crippen MR) is 51.9 cm³/mol. The molecule has 1 aliphatic heterocycles. The SMILES string of the molecule is O=[N+]([O-])c1cc(Cl)c2c(c1)CCCO2. The zero-order valence-corrected chi connectivity index (χ0v) is 8.08. The molecule has 4 nitrogen and oxygen atoms in total. The minimum absolute atomic E-state index is 0.0271. The first-order chi connectivity index (χ1) is 6.68. The van der Waals surface area contributed by atoms with Crippen molar-refractivity contribution in [2.45, 2.75) is 12.8 Å². The Bertz CT molecular complexity index is 392. The number of benzene rings is 1. The van der Waals surface area contributed by atoms with Crippen molar-refractivity contribution >= 4 is 17.3 Å². The van der Waals surface area contributed by atoms with Crippen molar-refractivity contribution in [3.63, 3.8) is 0 Å². The fourth-order valence-electron chi connectivity index (χ4n) is 1.52. The molecule has 1 heterocycles. The van der Waals surface area contributed by atoms with E-state index in [1.54, 1.807) is 0 Å². The summed E-state index contributed by atoms with van der Waals surface area (Å²) in [6.07, 6.45) is 1.67. The van der Waals surface area contributed by atoms with E-state index < -0.39 is 4.92 Å². The van der Waals surface area contributed by atoms with E-state index in [4.69, 9.17) is 16.3 Å². The predicted octanol–water partition coefficient (Wildman–Crippen LogP) is 2.57. The van der Waals surface area contributed by atoms with E-state index >= 15 is 0 Å². The molecule has 0 unspecified atom stereocenters. The van der Waals surface area contributed by atoms with Crippen LogP contribution in [0.2, 0.25) is 5.02 Å². The van der Waals surface area contributed by atoms with Crippen LogP contribution in [-0.4, -0.2) is 11.5 Å². The number of fused-ring (bicyclic) bond motifs is 1. The van der Waals surface area contributed by atoms with Crippen molar-refractivity contribution in [3.8, 4) is 5.75 Å². The number of nitrogens with zero attached hydrogens (tertiary/aromatic N) is 1. The van der Waals surface area contributed by atoms with Crippen molar-refractivity contribution < 1.29 is 9.66 Å². The highest BCUT2D eigenvalue weighted by Gasteiger charge is 2.19. The van der Waals surface area contributed by atoms with Crippen LogP contribution < -0.4 is 4.74 Å². The molecule has 5 heteroatoms. The lowest BCUT2D eigenvalue weighted by atomic mass is 10.1. The summed E-state index contributed by atoms with van der Waals surface area (Å²) in [5.74, 6) is 0.600. The molecule has 1 aromatic carbocycles. The summed E-state index contributed by atoms with van der Waals surface area (Å²) in [6.45, 7) is 0.629. The normalized spacial score (nSPS) is 14.4. The lowest BCUT2D eigenvalue weighted by Gasteiger charge is -2.17. The molecular formula is C9H8ClNO3. The maximum absolute atomic E-state index is 10.5. The number of ether oxygens (including phenoxy) is 1. The van der Waals surface area contributed by atoms with Crippen LogP contribution in [-0.2, 0) is 6.42 Å². The number of hydrogen-bond acceptors (Lipinski definition) is 3. The van der Waals surface area contributed by atoms with Gasteiger partial charge in [-0.05, 0) is 12.8 Å². The standard InChI is InChI=1S/C9H8ClNO3/c10-8-5-7(11(12)13)4-6-2-1-3-14-9(6)8/h4-5H,1-3H2. The van der Waals surface area contributed by atoms with Crippen LogP contribution >= 0.6 is 11.6 Å². The van der Waals surface area contributed by atoms with Crippen LogP contribution in [0.1, 0.15) is 12.0 Å². The Balaban J connectivity index is 2.51. The minimum Gasteiger partial charge on any atom is -0.492 e. The zero-order chi connectivity index (χ0) is 10.1. The molecular weight excluding hydrogens is 206 g/mol. The summed E-state index contributed by atoms with van der Waals surface area (Å²) in [5, 5.41) is 10.9. The third kappa shape index (κ3) is 1.53. The average Bonchev–Trinajstić information content (AvgIpc) is 2.17. The van der Waals surface area contributed by atoms with E-state index in [1.165, 1.54) is 12.1 Å². The van der Waals surface area contributed by atoms with Crippen LogP contribution in [0, 0.1) is 10.1 Å². The molecule has 0 atom stereocenters. The number of aryl methyl sites for hydroxylation is 1. The van der Waals surface area contributed by atoms with Gasteiger partial charge in [0.1, 0.15) is 5.75 Å². The maximum atomic E-state index is 10.5. The number of rotatable bonds is 1. The highest BCUT2D eigenvalue weighted by molar-refractivity contribution is 6.32. The molecule has 2 rings (SSSR count). The van der Waals surface area contributed by atoms with Crippen molar-refractivity contribution in [2.24, 2.45) is 0 Å². The van der Waals surface area contributed by atoms with Gasteiger partial charge in [-0.3, -0.25) is 10.1 Å². The molecule has 0 aliphatic carbocycles. The van der Waals surface area contributed by atoms with E-state index in [2.05, 4.69) is 0 Å². The van der Waals surface area contributed by atoms with E-state index in [9.17, 15) is 10.1 Å². The summed E-state index contributed by atoms with van der Waals surface area (Å²) in [5.41, 5.74) is 0.856. The van der Waals surface area contributed by atoms with Gasteiger partial charge in [-0.15, -0.1) is 0 Å². The topological polar surface area (TPSA) is 52.4 Å². The van der Waals surface area contributed by atoms with Crippen molar-refractivity contribution in [1.29, 1.82) is 0 Å². The molecule has 0 aromatic heterocycles. The first-order valence-corrected chi connectivity index (χ1v) is 4.66. The second-order valence-electron chi connectivity index (χ2n) is 3.12. The molecule has 0 saturated carbocycles. The Morgan fingerprint density at radius 1 is 1.50 bits per heavy atom. The van der Waals surface area contributed by atoms with Gasteiger partial charge in [0.2, 0.25) is 0 Å². The summed E-state index contributed by atoms with van der Waals surface area (Å²) in [7, 11) is 0. The Morgan fingerprint density at radius 3 is 3.00 bits per heavy atom. The first-order valence-electron chi connectivity index (χ1n) is 4.28. The number of nitro groups is 1. The highest BCUT2D eigenvalue weighted by Crippen LogP contribution is 2.36. The second kappa shape index (κ2) is 3.46. The van der Waals surface area contributed by atoms with Crippen molar-refractivity contribution in [3.05, 3.63) is 32.8 Å². The lowest BCUT2D eigenvalue weighted by molar-refractivity contribution is -0.384. The summed E-state index contributed by atoms with van der Waals surface area (Å²) in [6, 6.07) is 2.85. The van der Waals surface area contributed by atoms with Gasteiger partial charge in [-0.25, -0.2) is 0 Å². The largest absolute Gasteiger partial charge is 0.492 e. The number of non-ortho nitro benzene ring substituents is 1. The molecule has 1 aromatic rings. The van der Waals surface area contributed by atoms with Gasteiger partial charge in [0.15, 0.2) is 0 Å². The molecule has 0 radical (unpaired) electrons. The average molecular weight is 214 g/mol. The maximum Gasteiger partial charge on any atom is 0.271 e. The second-order valence-corrected chi connectivity index (χ2v) is 3.53. The molecule has 0 fully saturated rings. The van der Waals surface area contributed by atoms with Crippen LogP contribution in [0.15, 0.2) is 12.1 Å². The van der Waals surface area contributed by atoms with E-state index in [0.29, 0.717) is 17.4 Å². The van der Waals surface area contributed by atoms with E-state index in [1.807, 2.05) is 0 Å². The Hall–Kier alpha value is -1.29. The molecule has 0 bridgehead atoms. The van der Waals surface area contributed by atoms with Crippen LogP contribution in [0.25, 0.3) is 0 Å². The highest BCUT2D eigenvalue weighted by atomic mass is 35.5. The Labute approximate surface area is 85.6 Å². The van der Waals surface area contributed by atoms with Crippen LogP contribution in [0.5, 0.6) is 5.75 Å². The molecule has 74 valence electrons. The number of nitro benzene ring substituents is 1. The fourth-order valence-corrected chi connectivity index (χ4v) is 1.81. The third-order valence-corrected chi connectivity index (χ3v) is 2.43. The summed E-state index contributed by atoms with van der Waals surface area (Å²) < 4.78 is 5.33. The van der Waals surface area contributed by atoms with Gasteiger partial charge >= 0.3 is 0 Å². The van der Waals surface area contributed by atoms with Gasteiger partial charge in [0, 0.05) is 17.7 Å². The summed E-state index contributed by atoms with van der Waals surface area (Å²) in [4.78, 5) is 10.1. The van der Waals surface area contributed by atoms with Crippen LogP contribution in [0.4, 0.5) is 5.69 Å². The lowest BCUT2D eigenvalue weighted by Crippen LogP contribution is -2.09. The van der Waals surface area contributed by atoms with Gasteiger partial charge < -0.3 is 4.74 Å². The molecule has 0 amide bonds. The quantitative estimate of drug-likeness (QED) is 0.532. The van der Waals surface area contributed by atoms with Crippen molar-refractivity contribution in [2.75, 3.05) is 6.61 Å². The third-order valence-electron chi connectivity index (χ3n) is 2.15. The Morgan fingerprint density at radius 2 is 2.29 bits per heavy atom. The van der Waals surface area contributed by atoms with Crippen molar-refractivity contribution in [1.82, 2.24) is 0 Å². The molecule has 1 aliphatic rings. The van der Waals surface area contributed by atoms with Crippen LogP contribution in [0.3, 0.4) is 0 Å².